The number of amides is 1. The molecule has 32 heavy (non-hydrogen) atoms. The van der Waals surface area contributed by atoms with Crippen LogP contribution in [0.2, 0.25) is 0 Å². The number of morpholine rings is 1. The minimum absolute atomic E-state index is 0.112. The molecule has 1 atom stereocenters. The predicted octanol–water partition coefficient (Wildman–Crippen LogP) is 2.31. The number of nitrogens with one attached hydrogen (secondary N) is 1. The number of carbonyl (C=O) groups is 2. The van der Waals surface area contributed by atoms with E-state index in [9.17, 15) is 19.1 Å². The van der Waals surface area contributed by atoms with Crippen LogP contribution in [-0.4, -0.2) is 76.2 Å². The van der Waals surface area contributed by atoms with E-state index in [1.807, 2.05) is 0 Å². The number of ketones is 1. The summed E-state index contributed by atoms with van der Waals surface area (Å²) in [6, 6.07) is 5.03. The zero-order valence-corrected chi connectivity index (χ0v) is 18.2. The van der Waals surface area contributed by atoms with E-state index in [4.69, 9.17) is 4.74 Å². The summed E-state index contributed by atoms with van der Waals surface area (Å²) in [6.07, 6.45) is 0.613. The van der Waals surface area contributed by atoms with E-state index < -0.39 is 23.5 Å². The molecule has 4 rings (SSSR count). The number of aromatic amines is 1. The van der Waals surface area contributed by atoms with Gasteiger partial charge in [-0.2, -0.15) is 5.10 Å². The number of aryl methyl sites for hydroxylation is 2. The number of benzene rings is 1. The zero-order chi connectivity index (χ0) is 22.8. The molecule has 2 fully saturated rings. The van der Waals surface area contributed by atoms with Gasteiger partial charge < -0.3 is 14.7 Å². The number of rotatable bonds is 6. The SMILES string of the molecule is Cc1n[nH]c(C)c1/C(O)=C1\C(=O)C(=O)N(CCCN2CCOCC2)C1c1ccccc1F. The molecule has 2 saturated heterocycles. The maximum atomic E-state index is 14.8. The second-order valence-electron chi connectivity index (χ2n) is 8.13. The van der Waals surface area contributed by atoms with E-state index in [1.54, 1.807) is 32.0 Å². The topological polar surface area (TPSA) is 98.8 Å². The molecule has 170 valence electrons. The van der Waals surface area contributed by atoms with Gasteiger partial charge in [-0.25, -0.2) is 4.39 Å². The fourth-order valence-electron chi connectivity index (χ4n) is 4.45. The molecule has 1 unspecified atom stereocenters. The van der Waals surface area contributed by atoms with Gasteiger partial charge in [0.15, 0.2) is 0 Å². The van der Waals surface area contributed by atoms with Crippen LogP contribution in [0.1, 0.15) is 35.0 Å². The quantitative estimate of drug-likeness (QED) is 0.405. The number of aliphatic hydroxyl groups excluding tert-OH is 1. The van der Waals surface area contributed by atoms with Gasteiger partial charge in [-0.1, -0.05) is 18.2 Å². The summed E-state index contributed by atoms with van der Waals surface area (Å²) in [5.41, 5.74) is 1.48. The number of hydrogen-bond acceptors (Lipinski definition) is 6. The highest BCUT2D eigenvalue weighted by atomic mass is 19.1. The first-order valence-corrected chi connectivity index (χ1v) is 10.7. The van der Waals surface area contributed by atoms with Crippen LogP contribution in [0.15, 0.2) is 29.8 Å². The minimum Gasteiger partial charge on any atom is -0.507 e. The van der Waals surface area contributed by atoms with Crippen LogP contribution in [-0.2, 0) is 14.3 Å². The van der Waals surface area contributed by atoms with Crippen molar-refractivity contribution in [1.29, 1.82) is 0 Å². The third-order valence-electron chi connectivity index (χ3n) is 6.08. The Morgan fingerprint density at radius 1 is 1.22 bits per heavy atom. The van der Waals surface area contributed by atoms with Crippen LogP contribution in [0, 0.1) is 19.7 Å². The van der Waals surface area contributed by atoms with Crippen molar-refractivity contribution >= 4 is 17.4 Å². The van der Waals surface area contributed by atoms with Crippen LogP contribution >= 0.6 is 0 Å². The highest BCUT2D eigenvalue weighted by Crippen LogP contribution is 2.41. The molecule has 8 nitrogen and oxygen atoms in total. The van der Waals surface area contributed by atoms with Gasteiger partial charge in [0.1, 0.15) is 11.6 Å². The van der Waals surface area contributed by atoms with Crippen LogP contribution in [0.5, 0.6) is 0 Å². The first-order valence-electron chi connectivity index (χ1n) is 10.7. The summed E-state index contributed by atoms with van der Waals surface area (Å²) in [7, 11) is 0. The zero-order valence-electron chi connectivity index (χ0n) is 18.2. The summed E-state index contributed by atoms with van der Waals surface area (Å²) in [6.45, 7) is 7.37. The van der Waals surface area contributed by atoms with Crippen molar-refractivity contribution in [3.8, 4) is 0 Å². The lowest BCUT2D eigenvalue weighted by atomic mass is 9.94. The highest BCUT2D eigenvalue weighted by molar-refractivity contribution is 6.46. The number of halogens is 1. The molecule has 1 aromatic carbocycles. The third kappa shape index (κ3) is 4.05. The average molecular weight is 442 g/mol. The van der Waals surface area contributed by atoms with E-state index in [1.165, 1.54) is 11.0 Å². The number of hydrogen-bond donors (Lipinski definition) is 2. The lowest BCUT2D eigenvalue weighted by Gasteiger charge is -2.29. The highest BCUT2D eigenvalue weighted by Gasteiger charge is 2.47. The predicted molar refractivity (Wildman–Crippen MR) is 115 cm³/mol. The van der Waals surface area contributed by atoms with E-state index in [0.717, 1.165) is 19.6 Å². The molecule has 2 N–H and O–H groups in total. The van der Waals surface area contributed by atoms with Crippen molar-refractivity contribution < 1.29 is 23.8 Å². The minimum atomic E-state index is -1.01. The van der Waals surface area contributed by atoms with E-state index >= 15 is 0 Å². The Hall–Kier alpha value is -3.04. The van der Waals surface area contributed by atoms with Gasteiger partial charge >= 0.3 is 0 Å². The molecule has 2 aliphatic heterocycles. The molecule has 0 spiro atoms. The van der Waals surface area contributed by atoms with Crippen molar-refractivity contribution in [1.82, 2.24) is 20.0 Å². The first-order chi connectivity index (χ1) is 15.4. The number of carbonyl (C=O) groups excluding carboxylic acids is 2. The molecule has 1 aromatic heterocycles. The summed E-state index contributed by atoms with van der Waals surface area (Å²) in [4.78, 5) is 29.6. The van der Waals surface area contributed by atoms with Crippen LogP contribution < -0.4 is 0 Å². The van der Waals surface area contributed by atoms with Gasteiger partial charge in [0.2, 0.25) is 0 Å². The molecule has 0 bridgehead atoms. The number of likely N-dealkylation sites (tertiary alicyclic amines) is 1. The fourth-order valence-corrected chi connectivity index (χ4v) is 4.45. The molecular weight excluding hydrogens is 415 g/mol. The maximum Gasteiger partial charge on any atom is 0.295 e. The second kappa shape index (κ2) is 9.22. The van der Waals surface area contributed by atoms with Crippen LogP contribution in [0.3, 0.4) is 0 Å². The molecule has 3 heterocycles. The third-order valence-corrected chi connectivity index (χ3v) is 6.08. The number of aromatic nitrogens is 2. The molecule has 2 aliphatic rings. The largest absolute Gasteiger partial charge is 0.507 e. The Balaban J connectivity index is 1.71. The number of ether oxygens (including phenoxy) is 1. The summed E-state index contributed by atoms with van der Waals surface area (Å²) < 4.78 is 20.2. The smallest absolute Gasteiger partial charge is 0.295 e. The molecule has 9 heteroatoms. The van der Waals surface area contributed by atoms with Gasteiger partial charge in [-0.3, -0.25) is 19.6 Å². The van der Waals surface area contributed by atoms with Crippen molar-refractivity contribution in [2.45, 2.75) is 26.3 Å². The summed E-state index contributed by atoms with van der Waals surface area (Å²) in [5.74, 6) is -2.43. The van der Waals surface area contributed by atoms with Crippen molar-refractivity contribution in [2.75, 3.05) is 39.4 Å². The summed E-state index contributed by atoms with van der Waals surface area (Å²) in [5, 5.41) is 17.9. The molecular formula is C23H27FN4O4. The van der Waals surface area contributed by atoms with Crippen molar-refractivity contribution in [2.24, 2.45) is 0 Å². The van der Waals surface area contributed by atoms with E-state index in [-0.39, 0.29) is 23.4 Å². The van der Waals surface area contributed by atoms with Gasteiger partial charge in [-0.15, -0.1) is 0 Å². The van der Waals surface area contributed by atoms with E-state index in [2.05, 4.69) is 15.1 Å². The number of H-pyrrole nitrogens is 1. The van der Waals surface area contributed by atoms with Crippen molar-refractivity contribution in [3.05, 3.63) is 58.2 Å². The Labute approximate surface area is 185 Å². The maximum absolute atomic E-state index is 14.8. The summed E-state index contributed by atoms with van der Waals surface area (Å²) >= 11 is 0. The Morgan fingerprint density at radius 2 is 1.94 bits per heavy atom. The molecule has 0 aliphatic carbocycles. The fraction of sp³-hybridized carbons (Fsp3) is 0.435. The molecule has 2 aromatic rings. The lowest BCUT2D eigenvalue weighted by molar-refractivity contribution is -0.140. The van der Waals surface area contributed by atoms with Crippen LogP contribution in [0.25, 0.3) is 5.76 Å². The Bertz CT molecular complexity index is 1040. The monoisotopic (exact) mass is 442 g/mol. The number of Topliss-reactive ketones (excluding diaryl/α,β-unsaturated/α-hetero) is 1. The second-order valence-corrected chi connectivity index (χ2v) is 8.13. The normalized spacial score (nSPS) is 21.5. The molecule has 0 saturated carbocycles. The Kier molecular flexibility index (Phi) is 6.38. The molecule has 0 radical (unpaired) electrons. The van der Waals surface area contributed by atoms with Gasteiger partial charge in [0.05, 0.1) is 36.1 Å². The average Bonchev–Trinajstić information content (AvgIpc) is 3.25. The Morgan fingerprint density at radius 3 is 2.59 bits per heavy atom. The number of aliphatic hydroxyl groups is 1. The lowest BCUT2D eigenvalue weighted by Crippen LogP contribution is -2.39. The number of nitrogens with zero attached hydrogens (tertiary/aromatic N) is 3. The van der Waals surface area contributed by atoms with Crippen LogP contribution in [0.4, 0.5) is 4.39 Å². The van der Waals surface area contributed by atoms with Gasteiger partial charge in [0, 0.05) is 37.4 Å². The van der Waals surface area contributed by atoms with E-state index in [0.29, 0.717) is 36.6 Å². The van der Waals surface area contributed by atoms with Gasteiger partial charge in [0.25, 0.3) is 11.7 Å². The standard InChI is InChI=1S/C23H27FN4O4/c1-14-18(15(2)26-25-14)21(29)19-20(16-6-3-4-7-17(16)24)28(23(31)22(19)30)9-5-8-27-10-12-32-13-11-27/h3-4,6-7,20,29H,5,8-13H2,1-2H3,(H,25,26)/b21-19+. The first kappa shape index (κ1) is 22.2. The van der Waals surface area contributed by atoms with Crippen molar-refractivity contribution in [3.63, 3.8) is 0 Å². The molecule has 1 amide bonds. The van der Waals surface area contributed by atoms with Gasteiger partial charge in [-0.05, 0) is 26.3 Å².